The molecule has 0 spiro atoms. The molecule has 0 saturated carbocycles. The van der Waals surface area contributed by atoms with E-state index in [4.69, 9.17) is 0 Å². The Kier molecular flexibility index (Phi) is 5.64. The van der Waals surface area contributed by atoms with E-state index in [1.807, 2.05) is 13.0 Å². The molecule has 1 aliphatic heterocycles. The molecule has 0 aliphatic carbocycles. The number of amides is 3. The van der Waals surface area contributed by atoms with Crippen LogP contribution < -0.4 is 5.32 Å². The zero-order valence-corrected chi connectivity index (χ0v) is 15.9. The second kappa shape index (κ2) is 8.15. The average molecular weight is 413 g/mol. The fourth-order valence-electron chi connectivity index (χ4n) is 2.62. The summed E-state index contributed by atoms with van der Waals surface area (Å²) in [6.07, 6.45) is 1.19. The lowest BCUT2D eigenvalue weighted by atomic mass is 10.1. The Morgan fingerprint density at radius 3 is 2.72 bits per heavy atom. The minimum atomic E-state index is -0.717. The molecule has 2 aromatic rings. The Hall–Kier alpha value is -3.66. The van der Waals surface area contributed by atoms with Crippen molar-refractivity contribution in [2.75, 3.05) is 11.9 Å². The van der Waals surface area contributed by atoms with E-state index in [1.54, 1.807) is 18.2 Å². The second-order valence-corrected chi connectivity index (χ2v) is 7.18. The number of carbonyl (C=O) groups excluding carboxylic acids is 3. The Morgan fingerprint density at radius 1 is 1.28 bits per heavy atom. The SMILES string of the molecule is Cc1cccc(NC(=O)CN2C(=O)S/C(=C\c3cc([N+](=O)[O-])ccc3O)C2=O)c1. The number of phenols is 1. The molecule has 3 rings (SSSR count). The fourth-order valence-corrected chi connectivity index (χ4v) is 3.44. The first kappa shape index (κ1) is 20.1. The maximum Gasteiger partial charge on any atom is 0.294 e. The third kappa shape index (κ3) is 4.61. The number of benzene rings is 2. The van der Waals surface area contributed by atoms with Gasteiger partial charge in [0.05, 0.1) is 9.83 Å². The molecule has 2 N–H and O–H groups in total. The van der Waals surface area contributed by atoms with Crippen LogP contribution in [-0.4, -0.2) is 38.5 Å². The highest BCUT2D eigenvalue weighted by Crippen LogP contribution is 2.34. The summed E-state index contributed by atoms with van der Waals surface area (Å²) >= 11 is 0.588. The van der Waals surface area contributed by atoms with E-state index in [-0.39, 0.29) is 21.9 Å². The smallest absolute Gasteiger partial charge is 0.294 e. The van der Waals surface area contributed by atoms with Gasteiger partial charge in [0.15, 0.2) is 0 Å². The van der Waals surface area contributed by atoms with Crippen molar-refractivity contribution in [3.8, 4) is 5.75 Å². The van der Waals surface area contributed by atoms with Gasteiger partial charge in [0.25, 0.3) is 16.8 Å². The monoisotopic (exact) mass is 413 g/mol. The largest absolute Gasteiger partial charge is 0.507 e. The van der Waals surface area contributed by atoms with Gasteiger partial charge in [-0.15, -0.1) is 0 Å². The number of hydrogen-bond donors (Lipinski definition) is 2. The maximum absolute atomic E-state index is 12.5. The van der Waals surface area contributed by atoms with Gasteiger partial charge in [-0.1, -0.05) is 12.1 Å². The number of nitro groups is 1. The lowest BCUT2D eigenvalue weighted by Crippen LogP contribution is -2.36. The molecule has 148 valence electrons. The number of nitrogens with zero attached hydrogens (tertiary/aromatic N) is 2. The number of phenolic OH excluding ortho intramolecular Hbond substituents is 1. The number of anilines is 1. The third-order valence-corrected chi connectivity index (χ3v) is 4.89. The predicted molar refractivity (Wildman–Crippen MR) is 107 cm³/mol. The number of aryl methyl sites for hydroxylation is 1. The van der Waals surface area contributed by atoms with E-state index in [9.17, 15) is 29.6 Å². The minimum Gasteiger partial charge on any atom is -0.507 e. The van der Waals surface area contributed by atoms with Gasteiger partial charge in [-0.2, -0.15) is 0 Å². The Bertz CT molecular complexity index is 1070. The van der Waals surface area contributed by atoms with Gasteiger partial charge in [-0.3, -0.25) is 29.4 Å². The Balaban J connectivity index is 1.76. The summed E-state index contributed by atoms with van der Waals surface area (Å²) in [4.78, 5) is 47.9. The average Bonchev–Trinajstić information content (AvgIpc) is 2.90. The molecule has 1 heterocycles. The first-order valence-electron chi connectivity index (χ1n) is 8.34. The summed E-state index contributed by atoms with van der Waals surface area (Å²) in [6.45, 7) is 1.39. The van der Waals surface area contributed by atoms with Gasteiger partial charge in [-0.05, 0) is 48.5 Å². The fraction of sp³-hybridized carbons (Fsp3) is 0.105. The van der Waals surface area contributed by atoms with E-state index in [0.717, 1.165) is 28.7 Å². The summed E-state index contributed by atoms with van der Waals surface area (Å²) < 4.78 is 0. The molecular weight excluding hydrogens is 398 g/mol. The number of hydrogen-bond acceptors (Lipinski definition) is 7. The van der Waals surface area contributed by atoms with Crippen LogP contribution in [0.3, 0.4) is 0 Å². The number of nitrogens with one attached hydrogen (secondary N) is 1. The molecule has 3 amide bonds. The molecule has 0 aromatic heterocycles. The van der Waals surface area contributed by atoms with Gasteiger partial charge in [0, 0.05) is 23.4 Å². The van der Waals surface area contributed by atoms with Crippen LogP contribution >= 0.6 is 11.8 Å². The molecule has 1 fully saturated rings. The topological polar surface area (TPSA) is 130 Å². The molecule has 29 heavy (non-hydrogen) atoms. The minimum absolute atomic E-state index is 0.0221. The molecule has 0 bridgehead atoms. The van der Waals surface area contributed by atoms with Gasteiger partial charge in [0.2, 0.25) is 5.91 Å². The van der Waals surface area contributed by atoms with Crippen molar-refractivity contribution in [2.24, 2.45) is 0 Å². The van der Waals surface area contributed by atoms with Gasteiger partial charge in [-0.25, -0.2) is 0 Å². The molecule has 9 nitrogen and oxygen atoms in total. The number of imide groups is 1. The van der Waals surface area contributed by atoms with Crippen LogP contribution in [0.2, 0.25) is 0 Å². The molecule has 10 heteroatoms. The van der Waals surface area contributed by atoms with Crippen LogP contribution in [0.15, 0.2) is 47.4 Å². The molecular formula is C19H15N3O6S. The van der Waals surface area contributed by atoms with Crippen molar-refractivity contribution >= 4 is 46.3 Å². The van der Waals surface area contributed by atoms with E-state index in [1.165, 1.54) is 6.08 Å². The van der Waals surface area contributed by atoms with Crippen LogP contribution in [0, 0.1) is 17.0 Å². The number of aromatic hydroxyl groups is 1. The standard InChI is InChI=1S/C19H15N3O6S/c1-11-3-2-4-13(7-11)20-17(24)10-21-18(25)16(29-19(21)26)9-12-8-14(22(27)28)5-6-15(12)23/h2-9,23H,10H2,1H3,(H,20,24)/b16-9-. The van der Waals surface area contributed by atoms with E-state index < -0.39 is 28.5 Å². The Morgan fingerprint density at radius 2 is 2.03 bits per heavy atom. The van der Waals surface area contributed by atoms with E-state index in [0.29, 0.717) is 17.4 Å². The number of rotatable bonds is 5. The van der Waals surface area contributed by atoms with Crippen LogP contribution in [-0.2, 0) is 9.59 Å². The van der Waals surface area contributed by atoms with Crippen LogP contribution in [0.25, 0.3) is 6.08 Å². The molecule has 1 aliphatic rings. The third-order valence-electron chi connectivity index (χ3n) is 3.99. The van der Waals surface area contributed by atoms with Crippen molar-refractivity contribution in [1.29, 1.82) is 0 Å². The summed E-state index contributed by atoms with van der Waals surface area (Å²) in [6, 6.07) is 10.4. The molecule has 0 radical (unpaired) electrons. The van der Waals surface area contributed by atoms with Crippen molar-refractivity contribution < 1.29 is 24.4 Å². The van der Waals surface area contributed by atoms with E-state index >= 15 is 0 Å². The summed E-state index contributed by atoms with van der Waals surface area (Å²) in [5.41, 5.74) is 1.23. The second-order valence-electron chi connectivity index (χ2n) is 6.19. The Labute approximate surface area is 169 Å². The van der Waals surface area contributed by atoms with Crippen LogP contribution in [0.1, 0.15) is 11.1 Å². The summed E-state index contributed by atoms with van der Waals surface area (Å²) in [5, 5.41) is 22.7. The van der Waals surface area contributed by atoms with Crippen LogP contribution in [0.4, 0.5) is 16.2 Å². The van der Waals surface area contributed by atoms with Gasteiger partial charge >= 0.3 is 0 Å². The highest BCUT2D eigenvalue weighted by molar-refractivity contribution is 8.18. The lowest BCUT2D eigenvalue weighted by Gasteiger charge is -2.12. The molecule has 2 aromatic carbocycles. The first-order chi connectivity index (χ1) is 13.7. The zero-order valence-electron chi connectivity index (χ0n) is 15.1. The highest BCUT2D eigenvalue weighted by Gasteiger charge is 2.36. The highest BCUT2D eigenvalue weighted by atomic mass is 32.2. The van der Waals surface area contributed by atoms with Crippen molar-refractivity contribution in [1.82, 2.24) is 4.90 Å². The quantitative estimate of drug-likeness (QED) is 0.437. The first-order valence-corrected chi connectivity index (χ1v) is 9.15. The number of non-ortho nitro benzene ring substituents is 1. The van der Waals surface area contributed by atoms with Crippen molar-refractivity contribution in [2.45, 2.75) is 6.92 Å². The van der Waals surface area contributed by atoms with Crippen LogP contribution in [0.5, 0.6) is 5.75 Å². The normalized spacial score (nSPS) is 15.1. The summed E-state index contributed by atoms with van der Waals surface area (Å²) in [7, 11) is 0. The number of thioether (sulfide) groups is 1. The van der Waals surface area contributed by atoms with Gasteiger partial charge < -0.3 is 10.4 Å². The lowest BCUT2D eigenvalue weighted by molar-refractivity contribution is -0.384. The zero-order chi connectivity index (χ0) is 21.1. The maximum atomic E-state index is 12.5. The molecule has 0 atom stereocenters. The predicted octanol–water partition coefficient (Wildman–Crippen LogP) is 3.28. The number of nitro benzene ring substituents is 1. The molecule has 1 saturated heterocycles. The summed E-state index contributed by atoms with van der Waals surface area (Å²) in [5.74, 6) is -1.54. The number of carbonyl (C=O) groups is 3. The van der Waals surface area contributed by atoms with Crippen molar-refractivity contribution in [3.05, 3.63) is 68.6 Å². The van der Waals surface area contributed by atoms with Crippen molar-refractivity contribution in [3.63, 3.8) is 0 Å². The molecule has 0 unspecified atom stereocenters. The van der Waals surface area contributed by atoms with Gasteiger partial charge in [0.1, 0.15) is 12.3 Å². The van der Waals surface area contributed by atoms with E-state index in [2.05, 4.69) is 5.32 Å².